The van der Waals surface area contributed by atoms with Crippen molar-refractivity contribution in [2.45, 2.75) is 13.5 Å². The van der Waals surface area contributed by atoms with Gasteiger partial charge in [-0.05, 0) is 52.1 Å². The number of furan rings is 1. The van der Waals surface area contributed by atoms with Gasteiger partial charge in [0.05, 0.1) is 22.6 Å². The third-order valence-corrected chi connectivity index (χ3v) is 4.11. The highest BCUT2D eigenvalue weighted by atomic mass is 79.9. The number of allylic oxidation sites excluding steroid dienone is 1. The number of carbonyl (C=O) groups excluding carboxylic acids is 1. The van der Waals surface area contributed by atoms with Crippen LogP contribution in [-0.4, -0.2) is 30.3 Å². The van der Waals surface area contributed by atoms with Gasteiger partial charge in [-0.15, -0.1) is 0 Å². The summed E-state index contributed by atoms with van der Waals surface area (Å²) in [5.74, 6) is 0.629. The Bertz CT molecular complexity index is 1010. The van der Waals surface area contributed by atoms with Gasteiger partial charge in [-0.2, -0.15) is 9.78 Å². The van der Waals surface area contributed by atoms with E-state index in [9.17, 15) is 14.9 Å². The number of rotatable bonds is 6. The number of aromatic nitrogens is 4. The molecule has 0 amide bonds. The van der Waals surface area contributed by atoms with Crippen molar-refractivity contribution in [1.82, 2.24) is 19.6 Å². The van der Waals surface area contributed by atoms with Crippen molar-refractivity contribution in [3.05, 3.63) is 68.0 Å². The van der Waals surface area contributed by atoms with E-state index in [2.05, 4.69) is 26.1 Å². The minimum atomic E-state index is -0.567. The van der Waals surface area contributed by atoms with E-state index in [1.54, 1.807) is 43.1 Å². The second-order valence-corrected chi connectivity index (χ2v) is 6.41. The van der Waals surface area contributed by atoms with Crippen LogP contribution in [0.5, 0.6) is 0 Å². The lowest BCUT2D eigenvalue weighted by atomic mass is 10.1. The largest absolute Gasteiger partial charge is 0.460 e. The molecule has 0 unspecified atom stereocenters. The standard InChI is InChI=1S/C16H14BrN5O4/c1-10-13(8-20(2)18-10)15(23)6-5-11-3-4-12(26-11)7-21-9-14(17)16(19-21)22(24)25/h3-6,8-9H,7H2,1-2H3/b6-5+. The summed E-state index contributed by atoms with van der Waals surface area (Å²) >= 11 is 3.10. The minimum absolute atomic E-state index is 0.166. The lowest BCUT2D eigenvalue weighted by molar-refractivity contribution is -0.390. The first-order valence-electron chi connectivity index (χ1n) is 7.52. The van der Waals surface area contributed by atoms with Gasteiger partial charge in [0, 0.05) is 13.2 Å². The predicted octanol–water partition coefficient (Wildman–Crippen LogP) is 3.13. The number of ketones is 1. The first-order valence-corrected chi connectivity index (χ1v) is 8.31. The molecule has 3 aromatic rings. The maximum atomic E-state index is 12.2. The van der Waals surface area contributed by atoms with Crippen molar-refractivity contribution in [1.29, 1.82) is 0 Å². The van der Waals surface area contributed by atoms with E-state index < -0.39 is 4.92 Å². The number of hydrogen-bond donors (Lipinski definition) is 0. The highest BCUT2D eigenvalue weighted by Gasteiger charge is 2.19. The van der Waals surface area contributed by atoms with Crippen molar-refractivity contribution >= 4 is 33.6 Å². The van der Waals surface area contributed by atoms with Crippen LogP contribution in [0.25, 0.3) is 6.08 Å². The molecule has 3 rings (SSSR count). The molecule has 0 aromatic carbocycles. The fourth-order valence-corrected chi connectivity index (χ4v) is 2.87. The number of hydrogen-bond acceptors (Lipinski definition) is 6. The summed E-state index contributed by atoms with van der Waals surface area (Å²) in [4.78, 5) is 22.4. The van der Waals surface area contributed by atoms with Crippen LogP contribution in [0.1, 0.15) is 27.6 Å². The van der Waals surface area contributed by atoms with E-state index in [1.807, 2.05) is 0 Å². The van der Waals surface area contributed by atoms with Crippen LogP contribution in [-0.2, 0) is 13.6 Å². The van der Waals surface area contributed by atoms with Crippen molar-refractivity contribution in [3.63, 3.8) is 0 Å². The first-order chi connectivity index (χ1) is 12.3. The molecule has 0 N–H and O–H groups in total. The average Bonchev–Trinajstić information content (AvgIpc) is 3.25. The maximum absolute atomic E-state index is 12.2. The summed E-state index contributed by atoms with van der Waals surface area (Å²) in [6.07, 6.45) is 6.16. The number of carbonyl (C=O) groups is 1. The normalized spacial score (nSPS) is 11.3. The van der Waals surface area contributed by atoms with Gasteiger partial charge in [0.25, 0.3) is 0 Å². The Hall–Kier alpha value is -3.01. The van der Waals surface area contributed by atoms with E-state index in [0.29, 0.717) is 27.3 Å². The zero-order chi connectivity index (χ0) is 18.8. The minimum Gasteiger partial charge on any atom is -0.460 e. The number of nitro groups is 1. The third-order valence-electron chi connectivity index (χ3n) is 3.55. The molecule has 0 aliphatic rings. The number of aryl methyl sites for hydroxylation is 2. The Labute approximate surface area is 156 Å². The summed E-state index contributed by atoms with van der Waals surface area (Å²) in [5.41, 5.74) is 1.19. The molecule has 26 heavy (non-hydrogen) atoms. The fraction of sp³-hybridized carbons (Fsp3) is 0.188. The Morgan fingerprint density at radius 2 is 2.15 bits per heavy atom. The van der Waals surface area contributed by atoms with Gasteiger partial charge in [0.2, 0.25) is 0 Å². The SMILES string of the molecule is Cc1nn(C)cc1C(=O)/C=C/c1ccc(Cn2cc(Br)c([N+](=O)[O-])n2)o1. The molecule has 10 heteroatoms. The summed E-state index contributed by atoms with van der Waals surface area (Å²) in [6.45, 7) is 2.00. The van der Waals surface area contributed by atoms with Gasteiger partial charge in [-0.1, -0.05) is 0 Å². The number of halogens is 1. The van der Waals surface area contributed by atoms with Gasteiger partial charge in [0.1, 0.15) is 22.5 Å². The van der Waals surface area contributed by atoms with Crippen molar-refractivity contribution in [2.24, 2.45) is 7.05 Å². The molecule has 0 spiro atoms. The van der Waals surface area contributed by atoms with Crippen LogP contribution in [0.2, 0.25) is 0 Å². The van der Waals surface area contributed by atoms with E-state index in [0.717, 1.165) is 0 Å². The van der Waals surface area contributed by atoms with Gasteiger partial charge in [-0.25, -0.2) is 0 Å². The van der Waals surface area contributed by atoms with Crippen LogP contribution in [0.3, 0.4) is 0 Å². The molecule has 0 saturated carbocycles. The molecule has 3 aromatic heterocycles. The summed E-state index contributed by atoms with van der Waals surface area (Å²) in [5, 5.41) is 18.8. The quantitative estimate of drug-likeness (QED) is 0.262. The molecule has 0 aliphatic heterocycles. The highest BCUT2D eigenvalue weighted by Crippen LogP contribution is 2.23. The molecule has 0 aliphatic carbocycles. The molecule has 0 radical (unpaired) electrons. The zero-order valence-electron chi connectivity index (χ0n) is 13.9. The second kappa shape index (κ2) is 7.08. The van der Waals surface area contributed by atoms with E-state index in [1.165, 1.54) is 17.0 Å². The summed E-state index contributed by atoms with van der Waals surface area (Å²) in [7, 11) is 1.75. The van der Waals surface area contributed by atoms with Crippen molar-refractivity contribution in [2.75, 3.05) is 0 Å². The van der Waals surface area contributed by atoms with Crippen LogP contribution in [0.15, 0.2) is 39.5 Å². The number of nitrogens with zero attached hydrogens (tertiary/aromatic N) is 5. The molecule has 134 valence electrons. The second-order valence-electron chi connectivity index (χ2n) is 5.56. The smallest absolute Gasteiger partial charge is 0.404 e. The van der Waals surface area contributed by atoms with Gasteiger partial charge in [-0.3, -0.25) is 9.48 Å². The molecule has 0 saturated heterocycles. The fourth-order valence-electron chi connectivity index (χ4n) is 2.41. The van der Waals surface area contributed by atoms with Crippen molar-refractivity contribution in [3.8, 4) is 0 Å². The van der Waals surface area contributed by atoms with Crippen LogP contribution < -0.4 is 0 Å². The zero-order valence-corrected chi connectivity index (χ0v) is 15.5. The lowest BCUT2D eigenvalue weighted by Gasteiger charge is -1.93. The maximum Gasteiger partial charge on any atom is 0.404 e. The van der Waals surface area contributed by atoms with Crippen LogP contribution in [0.4, 0.5) is 5.82 Å². The molecule has 0 atom stereocenters. The molecule has 9 nitrogen and oxygen atoms in total. The van der Waals surface area contributed by atoms with E-state index >= 15 is 0 Å². The first kappa shape index (κ1) is 17.8. The van der Waals surface area contributed by atoms with Crippen LogP contribution >= 0.6 is 15.9 Å². The van der Waals surface area contributed by atoms with Gasteiger partial charge >= 0.3 is 5.82 Å². The van der Waals surface area contributed by atoms with E-state index in [-0.39, 0.29) is 18.1 Å². The molecular weight excluding hydrogens is 406 g/mol. The molecule has 3 heterocycles. The topological polar surface area (TPSA) is 109 Å². The van der Waals surface area contributed by atoms with Crippen LogP contribution in [0, 0.1) is 17.0 Å². The Morgan fingerprint density at radius 1 is 1.38 bits per heavy atom. The van der Waals surface area contributed by atoms with Gasteiger partial charge in [0.15, 0.2) is 5.78 Å². The highest BCUT2D eigenvalue weighted by molar-refractivity contribution is 9.10. The Balaban J connectivity index is 1.70. The summed E-state index contributed by atoms with van der Waals surface area (Å²) < 4.78 is 8.90. The third kappa shape index (κ3) is 3.80. The lowest BCUT2D eigenvalue weighted by Crippen LogP contribution is -2.00. The molecular formula is C16H14BrN5O4. The molecule has 0 bridgehead atoms. The van der Waals surface area contributed by atoms with Crippen molar-refractivity contribution < 1.29 is 14.1 Å². The summed E-state index contributed by atoms with van der Waals surface area (Å²) in [6, 6.07) is 3.43. The predicted molar refractivity (Wildman–Crippen MR) is 95.7 cm³/mol. The Kier molecular flexibility index (Phi) is 4.85. The average molecular weight is 420 g/mol. The van der Waals surface area contributed by atoms with E-state index in [4.69, 9.17) is 4.42 Å². The van der Waals surface area contributed by atoms with Gasteiger partial charge < -0.3 is 14.5 Å². The Morgan fingerprint density at radius 3 is 2.77 bits per heavy atom. The molecule has 0 fully saturated rings. The monoisotopic (exact) mass is 419 g/mol.